The lowest BCUT2D eigenvalue weighted by atomic mass is 10.2. The van der Waals surface area contributed by atoms with Crippen LogP contribution in [-0.2, 0) is 0 Å². The van der Waals surface area contributed by atoms with Crippen LogP contribution in [0.5, 0.6) is 5.75 Å². The molecule has 80 valence electrons. The van der Waals surface area contributed by atoms with Gasteiger partial charge in [-0.2, -0.15) is 0 Å². The van der Waals surface area contributed by atoms with Crippen molar-refractivity contribution in [1.29, 1.82) is 0 Å². The van der Waals surface area contributed by atoms with Gasteiger partial charge in [0.1, 0.15) is 11.9 Å². The number of hydrogen-bond donors (Lipinski definition) is 0. The molecule has 2 aliphatic rings. The van der Waals surface area contributed by atoms with Gasteiger partial charge in [-0.05, 0) is 31.0 Å². The highest BCUT2D eigenvalue weighted by Crippen LogP contribution is 2.44. The van der Waals surface area contributed by atoms with Crippen LogP contribution in [0.1, 0.15) is 25.1 Å². The summed E-state index contributed by atoms with van der Waals surface area (Å²) < 4.78 is 5.43. The molecule has 0 bridgehead atoms. The van der Waals surface area contributed by atoms with Crippen molar-refractivity contribution in [2.45, 2.75) is 19.5 Å². The molecule has 0 N–H and O–H groups in total. The zero-order valence-corrected chi connectivity index (χ0v) is 9.02. The Bertz CT molecular complexity index is 339. The first-order valence-electron chi connectivity index (χ1n) is 5.66. The van der Waals surface area contributed by atoms with E-state index in [1.807, 2.05) is 6.92 Å². The summed E-state index contributed by atoms with van der Waals surface area (Å²) in [5.74, 6) is 0.969. The Morgan fingerprint density at radius 3 is 2.47 bits per heavy atom. The van der Waals surface area contributed by atoms with Gasteiger partial charge in [0.25, 0.3) is 0 Å². The van der Waals surface area contributed by atoms with Crippen LogP contribution < -0.4 is 4.74 Å². The van der Waals surface area contributed by atoms with Crippen LogP contribution in [0.2, 0.25) is 0 Å². The summed E-state index contributed by atoms with van der Waals surface area (Å²) in [4.78, 5) is 0. The third-order valence-corrected chi connectivity index (χ3v) is 3.10. The Morgan fingerprint density at radius 1 is 1.20 bits per heavy atom. The van der Waals surface area contributed by atoms with Crippen LogP contribution in [0.4, 0.5) is 0 Å². The lowest BCUT2D eigenvalue weighted by molar-refractivity contribution is 0.340. The summed E-state index contributed by atoms with van der Waals surface area (Å²) in [7, 11) is 0. The molecule has 1 aromatic carbocycles. The molecule has 2 unspecified atom stereocenters. The lowest BCUT2D eigenvalue weighted by Gasteiger charge is -2.05. The molecular weight excluding hydrogens is 188 g/mol. The minimum absolute atomic E-state index is 0.550. The largest absolute Gasteiger partial charge is 0.494 e. The highest BCUT2D eigenvalue weighted by molar-refractivity contribution is 5.30. The molecule has 2 aliphatic heterocycles. The van der Waals surface area contributed by atoms with Crippen molar-refractivity contribution in [3.05, 3.63) is 29.8 Å². The van der Waals surface area contributed by atoms with Gasteiger partial charge in [-0.15, -0.1) is 0 Å². The van der Waals surface area contributed by atoms with E-state index in [1.165, 1.54) is 25.1 Å². The minimum Gasteiger partial charge on any atom is -0.494 e. The molecular formula is C12H16N2O. The highest BCUT2D eigenvalue weighted by atomic mass is 16.5. The quantitative estimate of drug-likeness (QED) is 0.700. The number of hydrogen-bond acceptors (Lipinski definition) is 3. The Kier molecular flexibility index (Phi) is 2.15. The Labute approximate surface area is 90.2 Å². The van der Waals surface area contributed by atoms with Gasteiger partial charge in [0.15, 0.2) is 0 Å². The molecule has 3 rings (SSSR count). The van der Waals surface area contributed by atoms with Gasteiger partial charge >= 0.3 is 0 Å². The summed E-state index contributed by atoms with van der Waals surface area (Å²) in [6, 6.07) is 8.48. The smallest absolute Gasteiger partial charge is 0.119 e. The fourth-order valence-corrected chi connectivity index (χ4v) is 2.39. The zero-order chi connectivity index (χ0) is 10.3. The number of fused-ring (bicyclic) bond motifs is 1. The maximum atomic E-state index is 5.43. The van der Waals surface area contributed by atoms with Crippen molar-refractivity contribution >= 4 is 0 Å². The van der Waals surface area contributed by atoms with E-state index in [0.29, 0.717) is 6.17 Å². The second-order valence-electron chi connectivity index (χ2n) is 4.06. The molecule has 3 nitrogen and oxygen atoms in total. The third-order valence-electron chi connectivity index (χ3n) is 3.10. The second-order valence-corrected chi connectivity index (χ2v) is 4.06. The maximum absolute atomic E-state index is 5.43. The van der Waals surface area contributed by atoms with Gasteiger partial charge < -0.3 is 4.74 Å². The van der Waals surface area contributed by atoms with Crippen LogP contribution in [0.3, 0.4) is 0 Å². The van der Waals surface area contributed by atoms with Crippen LogP contribution in [0.15, 0.2) is 24.3 Å². The highest BCUT2D eigenvalue weighted by Gasteiger charge is 2.48. The first-order chi connectivity index (χ1) is 7.40. The number of rotatable bonds is 3. The lowest BCUT2D eigenvalue weighted by Crippen LogP contribution is -1.99. The Balaban J connectivity index is 1.72. The Hall–Kier alpha value is -1.06. The number of ether oxygens (including phenoxy) is 1. The van der Waals surface area contributed by atoms with Crippen molar-refractivity contribution in [1.82, 2.24) is 10.0 Å². The SMILES string of the molecule is CCOc1ccc(C2N3CCCN23)cc1. The summed E-state index contributed by atoms with van der Waals surface area (Å²) >= 11 is 0. The van der Waals surface area contributed by atoms with Crippen molar-refractivity contribution in [3.63, 3.8) is 0 Å². The maximum Gasteiger partial charge on any atom is 0.119 e. The van der Waals surface area contributed by atoms with Crippen LogP contribution >= 0.6 is 0 Å². The molecule has 0 amide bonds. The second kappa shape index (κ2) is 3.51. The fourth-order valence-electron chi connectivity index (χ4n) is 2.39. The first-order valence-corrected chi connectivity index (χ1v) is 5.66. The molecule has 2 atom stereocenters. The molecule has 0 radical (unpaired) electrons. The van der Waals surface area contributed by atoms with Crippen molar-refractivity contribution in [2.24, 2.45) is 0 Å². The van der Waals surface area contributed by atoms with E-state index in [0.717, 1.165) is 12.4 Å². The molecule has 2 saturated heterocycles. The monoisotopic (exact) mass is 204 g/mol. The first kappa shape index (κ1) is 9.19. The van der Waals surface area contributed by atoms with Crippen molar-refractivity contribution in [3.8, 4) is 5.75 Å². The summed E-state index contributed by atoms with van der Waals surface area (Å²) in [5, 5.41) is 4.85. The predicted molar refractivity (Wildman–Crippen MR) is 58.4 cm³/mol. The van der Waals surface area contributed by atoms with E-state index in [-0.39, 0.29) is 0 Å². The molecule has 15 heavy (non-hydrogen) atoms. The van der Waals surface area contributed by atoms with E-state index in [9.17, 15) is 0 Å². The fraction of sp³-hybridized carbons (Fsp3) is 0.500. The topological polar surface area (TPSA) is 15.2 Å². The molecule has 0 spiro atoms. The molecule has 2 fully saturated rings. The normalized spacial score (nSPS) is 32.5. The van der Waals surface area contributed by atoms with Gasteiger partial charge in [-0.25, -0.2) is 10.0 Å². The van der Waals surface area contributed by atoms with Gasteiger partial charge in [0.2, 0.25) is 0 Å². The summed E-state index contributed by atoms with van der Waals surface area (Å²) in [5.41, 5.74) is 1.39. The van der Waals surface area contributed by atoms with Gasteiger partial charge in [0, 0.05) is 13.1 Å². The molecule has 3 heteroatoms. The van der Waals surface area contributed by atoms with E-state index < -0.39 is 0 Å². The average molecular weight is 204 g/mol. The van der Waals surface area contributed by atoms with Crippen LogP contribution in [0, 0.1) is 0 Å². The number of nitrogens with zero attached hydrogens (tertiary/aromatic N) is 2. The summed E-state index contributed by atoms with van der Waals surface area (Å²) in [6.45, 7) is 5.19. The minimum atomic E-state index is 0.550. The van der Waals surface area contributed by atoms with Crippen LogP contribution in [0.25, 0.3) is 0 Å². The zero-order valence-electron chi connectivity index (χ0n) is 9.02. The van der Waals surface area contributed by atoms with Crippen LogP contribution in [-0.4, -0.2) is 29.7 Å². The molecule has 1 aromatic rings. The Morgan fingerprint density at radius 2 is 1.87 bits per heavy atom. The van der Waals surface area contributed by atoms with E-state index in [4.69, 9.17) is 4.74 Å². The molecule has 0 saturated carbocycles. The molecule has 0 aliphatic carbocycles. The summed E-state index contributed by atoms with van der Waals surface area (Å²) in [6.07, 6.45) is 1.86. The average Bonchev–Trinajstić information content (AvgIpc) is 2.74. The van der Waals surface area contributed by atoms with E-state index in [1.54, 1.807) is 0 Å². The van der Waals surface area contributed by atoms with E-state index >= 15 is 0 Å². The standard InChI is InChI=1S/C12H16N2O/c1-2-15-11-6-4-10(5-7-11)12-13-8-3-9-14(12)13/h4-7,12H,2-3,8-9H2,1H3. The molecule has 2 heterocycles. The third kappa shape index (κ3) is 1.52. The van der Waals surface area contributed by atoms with Gasteiger partial charge in [-0.1, -0.05) is 12.1 Å². The predicted octanol–water partition coefficient (Wildman–Crippen LogP) is 2.02. The van der Waals surface area contributed by atoms with Crippen molar-refractivity contribution < 1.29 is 4.74 Å². The molecule has 0 aromatic heterocycles. The van der Waals surface area contributed by atoms with E-state index in [2.05, 4.69) is 34.3 Å². The van der Waals surface area contributed by atoms with Gasteiger partial charge in [-0.3, -0.25) is 0 Å². The van der Waals surface area contributed by atoms with Gasteiger partial charge in [0.05, 0.1) is 6.61 Å². The number of hydrazine groups is 1. The van der Waals surface area contributed by atoms with Crippen molar-refractivity contribution in [2.75, 3.05) is 19.7 Å². The number of benzene rings is 1.